The number of benzene rings is 1. The lowest BCUT2D eigenvalue weighted by Crippen LogP contribution is -2.43. The summed E-state index contributed by atoms with van der Waals surface area (Å²) in [4.78, 5) is 23.5. The van der Waals surface area contributed by atoms with Gasteiger partial charge in [-0.1, -0.05) is 19.1 Å². The second-order valence-corrected chi connectivity index (χ2v) is 6.33. The Hall–Kier alpha value is -3.53. The molecule has 1 aromatic carbocycles. The molecule has 0 bridgehead atoms. The van der Waals surface area contributed by atoms with Crippen LogP contribution in [0.15, 0.2) is 46.9 Å². The first kappa shape index (κ1) is 18.3. The minimum atomic E-state index is -0.549. The first-order valence-corrected chi connectivity index (χ1v) is 8.55. The Morgan fingerprint density at radius 2 is 2.07 bits per heavy atom. The van der Waals surface area contributed by atoms with Crippen molar-refractivity contribution in [1.82, 2.24) is 10.9 Å². The molecule has 1 saturated carbocycles. The van der Waals surface area contributed by atoms with Crippen LogP contribution in [0.2, 0.25) is 0 Å². The average molecular weight is 365 g/mol. The zero-order valence-electron chi connectivity index (χ0n) is 14.8. The highest BCUT2D eigenvalue weighted by molar-refractivity contribution is 5.92. The van der Waals surface area contributed by atoms with Gasteiger partial charge in [0.15, 0.2) is 6.61 Å². The number of hydrazine groups is 1. The van der Waals surface area contributed by atoms with Gasteiger partial charge >= 0.3 is 0 Å². The minimum Gasteiger partial charge on any atom is -0.482 e. The van der Waals surface area contributed by atoms with Crippen molar-refractivity contribution in [3.8, 4) is 11.8 Å². The first-order valence-electron chi connectivity index (χ1n) is 8.55. The molecule has 0 aliphatic heterocycles. The molecule has 138 valence electrons. The van der Waals surface area contributed by atoms with E-state index in [-0.39, 0.29) is 6.61 Å². The highest BCUT2D eigenvalue weighted by atomic mass is 16.5. The van der Waals surface area contributed by atoms with Crippen LogP contribution in [0.4, 0.5) is 0 Å². The van der Waals surface area contributed by atoms with E-state index in [1.54, 1.807) is 24.3 Å². The summed E-state index contributed by atoms with van der Waals surface area (Å²) in [5, 5.41) is 8.96. The van der Waals surface area contributed by atoms with Crippen LogP contribution in [0.5, 0.6) is 5.75 Å². The number of rotatable bonds is 6. The SMILES string of the molecule is CC1CC1c1ccc(C=CC(=O)NNC(=O)COc2ccccc2C#N)o1. The average Bonchev–Trinajstić information content (AvgIpc) is 3.22. The van der Waals surface area contributed by atoms with E-state index in [0.29, 0.717) is 28.9 Å². The topological polar surface area (TPSA) is 104 Å². The number of carbonyl (C=O) groups is 2. The van der Waals surface area contributed by atoms with Gasteiger partial charge < -0.3 is 9.15 Å². The molecule has 2 aromatic rings. The maximum atomic E-state index is 11.8. The molecule has 1 aromatic heterocycles. The largest absolute Gasteiger partial charge is 0.482 e. The number of nitrogens with zero attached hydrogens (tertiary/aromatic N) is 1. The molecule has 2 unspecified atom stereocenters. The Balaban J connectivity index is 1.41. The fraction of sp³-hybridized carbons (Fsp3) is 0.250. The molecule has 7 nitrogen and oxygen atoms in total. The Kier molecular flexibility index (Phi) is 5.57. The Bertz CT molecular complexity index is 910. The van der Waals surface area contributed by atoms with Crippen LogP contribution in [-0.4, -0.2) is 18.4 Å². The van der Waals surface area contributed by atoms with Gasteiger partial charge in [-0.25, -0.2) is 0 Å². The zero-order chi connectivity index (χ0) is 19.2. The highest BCUT2D eigenvalue weighted by Crippen LogP contribution is 2.47. The van der Waals surface area contributed by atoms with Crippen LogP contribution < -0.4 is 15.6 Å². The van der Waals surface area contributed by atoms with Crippen LogP contribution in [0.3, 0.4) is 0 Å². The molecule has 2 atom stereocenters. The van der Waals surface area contributed by atoms with Crippen molar-refractivity contribution >= 4 is 17.9 Å². The highest BCUT2D eigenvalue weighted by Gasteiger charge is 2.36. The van der Waals surface area contributed by atoms with E-state index in [1.165, 1.54) is 12.2 Å². The second-order valence-electron chi connectivity index (χ2n) is 6.33. The molecule has 0 spiro atoms. The van der Waals surface area contributed by atoms with Crippen molar-refractivity contribution in [2.24, 2.45) is 5.92 Å². The van der Waals surface area contributed by atoms with Crippen molar-refractivity contribution in [2.75, 3.05) is 6.61 Å². The minimum absolute atomic E-state index is 0.306. The van der Waals surface area contributed by atoms with Crippen LogP contribution >= 0.6 is 0 Å². The summed E-state index contributed by atoms with van der Waals surface area (Å²) in [7, 11) is 0. The van der Waals surface area contributed by atoms with Gasteiger partial charge in [0.05, 0.1) is 5.56 Å². The summed E-state index contributed by atoms with van der Waals surface area (Å²) in [6.07, 6.45) is 3.94. The molecular weight excluding hydrogens is 346 g/mol. The third-order valence-electron chi connectivity index (χ3n) is 4.21. The predicted molar refractivity (Wildman–Crippen MR) is 97.2 cm³/mol. The summed E-state index contributed by atoms with van der Waals surface area (Å²) in [5.74, 6) is 1.90. The molecule has 0 radical (unpaired) electrons. The van der Waals surface area contributed by atoms with Gasteiger partial charge in [0.1, 0.15) is 23.3 Å². The van der Waals surface area contributed by atoms with E-state index in [0.717, 1.165) is 12.2 Å². The van der Waals surface area contributed by atoms with Gasteiger partial charge in [0.25, 0.3) is 11.8 Å². The first-order chi connectivity index (χ1) is 13.1. The van der Waals surface area contributed by atoms with Gasteiger partial charge in [0, 0.05) is 12.0 Å². The maximum absolute atomic E-state index is 11.8. The number of carbonyl (C=O) groups excluding carboxylic acids is 2. The molecule has 1 aliphatic carbocycles. The monoisotopic (exact) mass is 365 g/mol. The number of nitriles is 1. The van der Waals surface area contributed by atoms with Crippen molar-refractivity contribution in [2.45, 2.75) is 19.3 Å². The molecular formula is C20H19N3O4. The van der Waals surface area contributed by atoms with Crippen molar-refractivity contribution < 1.29 is 18.7 Å². The Morgan fingerprint density at radius 3 is 2.81 bits per heavy atom. The maximum Gasteiger partial charge on any atom is 0.276 e. The zero-order valence-corrected chi connectivity index (χ0v) is 14.8. The molecule has 3 rings (SSSR count). The number of furan rings is 1. The summed E-state index contributed by atoms with van der Waals surface area (Å²) in [6.45, 7) is 1.84. The molecule has 2 N–H and O–H groups in total. The summed E-state index contributed by atoms with van der Waals surface area (Å²) >= 11 is 0. The third-order valence-corrected chi connectivity index (χ3v) is 4.21. The number of hydrogen-bond donors (Lipinski definition) is 2. The van der Waals surface area contributed by atoms with Gasteiger partial charge in [-0.3, -0.25) is 20.4 Å². The van der Waals surface area contributed by atoms with E-state index in [9.17, 15) is 9.59 Å². The van der Waals surface area contributed by atoms with Crippen LogP contribution in [0.1, 0.15) is 36.3 Å². The number of amides is 2. The fourth-order valence-electron chi connectivity index (χ4n) is 2.57. The lowest BCUT2D eigenvalue weighted by molar-refractivity contribution is -0.128. The number of hydrogen-bond acceptors (Lipinski definition) is 5. The number of ether oxygens (including phenoxy) is 1. The van der Waals surface area contributed by atoms with E-state index in [2.05, 4.69) is 17.8 Å². The van der Waals surface area contributed by atoms with Crippen LogP contribution in [0, 0.1) is 17.2 Å². The lowest BCUT2D eigenvalue weighted by atomic mass is 10.2. The molecule has 2 amide bonds. The van der Waals surface area contributed by atoms with E-state index in [4.69, 9.17) is 14.4 Å². The molecule has 7 heteroatoms. The van der Waals surface area contributed by atoms with Crippen molar-refractivity contribution in [3.05, 3.63) is 59.6 Å². The molecule has 1 aliphatic rings. The van der Waals surface area contributed by atoms with Gasteiger partial charge in [-0.2, -0.15) is 5.26 Å². The van der Waals surface area contributed by atoms with Gasteiger partial charge in [-0.15, -0.1) is 0 Å². The second kappa shape index (κ2) is 8.23. The Labute approximate surface area is 156 Å². The van der Waals surface area contributed by atoms with E-state index >= 15 is 0 Å². The van der Waals surface area contributed by atoms with Gasteiger partial charge in [0.2, 0.25) is 0 Å². The standard InChI is InChI=1S/C20H19N3O4/c1-13-10-16(13)18-8-6-15(27-18)7-9-19(24)22-23-20(25)12-26-17-5-3-2-4-14(17)11-21/h2-9,13,16H,10,12H2,1H3,(H,22,24)(H,23,25). The number of nitrogens with one attached hydrogen (secondary N) is 2. The smallest absolute Gasteiger partial charge is 0.276 e. The Morgan fingerprint density at radius 1 is 1.30 bits per heavy atom. The molecule has 0 saturated heterocycles. The van der Waals surface area contributed by atoms with Crippen LogP contribution in [0.25, 0.3) is 6.08 Å². The van der Waals surface area contributed by atoms with Crippen molar-refractivity contribution in [3.63, 3.8) is 0 Å². The summed E-state index contributed by atoms with van der Waals surface area (Å²) < 4.78 is 10.9. The number of para-hydroxylation sites is 1. The summed E-state index contributed by atoms with van der Waals surface area (Å²) in [5.41, 5.74) is 4.82. The van der Waals surface area contributed by atoms with Crippen molar-refractivity contribution in [1.29, 1.82) is 5.26 Å². The van der Waals surface area contributed by atoms with Gasteiger partial charge in [-0.05, 0) is 42.7 Å². The summed E-state index contributed by atoms with van der Waals surface area (Å²) in [6, 6.07) is 12.3. The lowest BCUT2D eigenvalue weighted by Gasteiger charge is -2.08. The molecule has 27 heavy (non-hydrogen) atoms. The normalized spacial score (nSPS) is 17.9. The van der Waals surface area contributed by atoms with E-state index < -0.39 is 11.8 Å². The molecule has 1 heterocycles. The van der Waals surface area contributed by atoms with Crippen LogP contribution in [-0.2, 0) is 9.59 Å². The predicted octanol–water partition coefficient (Wildman–Crippen LogP) is 2.51. The van der Waals surface area contributed by atoms with E-state index in [1.807, 2.05) is 18.2 Å². The quantitative estimate of drug-likeness (QED) is 0.605. The molecule has 1 fully saturated rings. The fourth-order valence-corrected chi connectivity index (χ4v) is 2.57. The third kappa shape index (κ3) is 4.98.